The number of pyridine rings is 1. The Morgan fingerprint density at radius 2 is 2.00 bits per heavy atom. The number of fused-ring (bicyclic) bond motifs is 1. The minimum Gasteiger partial charge on any atom is -0.310 e. The normalized spacial score (nSPS) is 18.0. The Bertz CT molecular complexity index is 1060. The zero-order chi connectivity index (χ0) is 21.3. The minimum absolute atomic E-state index is 0.0819. The molecule has 0 unspecified atom stereocenters. The molecule has 1 fully saturated rings. The lowest BCUT2D eigenvalue weighted by atomic mass is 10.1. The summed E-state index contributed by atoms with van der Waals surface area (Å²) >= 11 is 0. The molecule has 2 aromatic heterocycles. The summed E-state index contributed by atoms with van der Waals surface area (Å²) < 4.78 is 23.3. The highest BCUT2D eigenvalue weighted by atomic mass is 16.2. The van der Waals surface area contributed by atoms with Gasteiger partial charge in [0.05, 0.1) is 12.7 Å². The molecule has 4 rings (SSSR count). The van der Waals surface area contributed by atoms with Crippen molar-refractivity contribution in [2.75, 3.05) is 45.1 Å². The fourth-order valence-corrected chi connectivity index (χ4v) is 3.25. The molecule has 1 amide bonds. The molecule has 0 atom stereocenters. The van der Waals surface area contributed by atoms with E-state index >= 15 is 0 Å². The van der Waals surface area contributed by atoms with Gasteiger partial charge in [-0.05, 0) is 30.1 Å². The molecule has 0 aliphatic carbocycles. The first-order valence-corrected chi connectivity index (χ1v) is 8.94. The van der Waals surface area contributed by atoms with Gasteiger partial charge in [0.1, 0.15) is 5.82 Å². The van der Waals surface area contributed by atoms with E-state index in [2.05, 4.69) is 32.2 Å². The molecule has 0 spiro atoms. The maximum absolute atomic E-state index is 12.4. The zero-order valence-electron chi connectivity index (χ0n) is 18.2. The predicted molar refractivity (Wildman–Crippen MR) is 107 cm³/mol. The molecule has 0 saturated carbocycles. The number of aromatic nitrogens is 3. The van der Waals surface area contributed by atoms with Gasteiger partial charge in [-0.2, -0.15) is 5.10 Å². The molecular formula is C20H24N6O. The molecule has 0 radical (unpaired) electrons. The van der Waals surface area contributed by atoms with E-state index in [9.17, 15) is 4.79 Å². The molecule has 140 valence electrons. The van der Waals surface area contributed by atoms with Crippen LogP contribution in [0.1, 0.15) is 4.11 Å². The van der Waals surface area contributed by atoms with Gasteiger partial charge < -0.3 is 10.2 Å². The molecule has 1 N–H and O–H groups in total. The van der Waals surface area contributed by atoms with E-state index in [0.29, 0.717) is 17.9 Å². The van der Waals surface area contributed by atoms with Crippen LogP contribution in [0.4, 0.5) is 5.82 Å². The molecule has 1 aliphatic rings. The highest BCUT2D eigenvalue weighted by Gasteiger charge is 2.16. The average Bonchev–Trinajstić information content (AvgIpc) is 3.20. The van der Waals surface area contributed by atoms with Crippen molar-refractivity contribution in [3.63, 3.8) is 0 Å². The molecule has 7 heteroatoms. The highest BCUT2D eigenvalue weighted by Crippen LogP contribution is 2.25. The summed E-state index contributed by atoms with van der Waals surface area (Å²) in [7, 11) is 2.08. The summed E-state index contributed by atoms with van der Waals surface area (Å²) in [6, 6.07) is 7.58. The first kappa shape index (κ1) is 14.3. The van der Waals surface area contributed by atoms with Gasteiger partial charge in [-0.15, -0.1) is 0 Å². The summed E-state index contributed by atoms with van der Waals surface area (Å²) in [5, 5.41) is 8.65. The van der Waals surface area contributed by atoms with Gasteiger partial charge in [0, 0.05) is 60.6 Å². The molecule has 1 aromatic carbocycles. The van der Waals surface area contributed by atoms with E-state index in [0.717, 1.165) is 47.2 Å². The number of piperazine rings is 1. The van der Waals surface area contributed by atoms with Gasteiger partial charge in [-0.25, -0.2) is 4.98 Å². The maximum atomic E-state index is 12.4. The first-order chi connectivity index (χ1) is 14.3. The van der Waals surface area contributed by atoms with Crippen molar-refractivity contribution in [2.24, 2.45) is 6.98 Å². The van der Waals surface area contributed by atoms with Gasteiger partial charge in [-0.1, -0.05) is 12.1 Å². The number of anilines is 1. The topological polar surface area (TPSA) is 66.3 Å². The molecule has 3 aromatic rings. The van der Waals surface area contributed by atoms with Crippen LogP contribution in [0.3, 0.4) is 0 Å². The van der Waals surface area contributed by atoms with Crippen LogP contribution in [0.2, 0.25) is 0 Å². The van der Waals surface area contributed by atoms with Crippen LogP contribution in [0.25, 0.3) is 21.9 Å². The number of amides is 1. The molecule has 1 saturated heterocycles. The monoisotopic (exact) mass is 367 g/mol. The average molecular weight is 367 g/mol. The van der Waals surface area contributed by atoms with Crippen molar-refractivity contribution in [3.05, 3.63) is 42.9 Å². The van der Waals surface area contributed by atoms with E-state index in [1.54, 1.807) is 6.20 Å². The minimum atomic E-state index is -2.31. The Kier molecular flexibility index (Phi) is 3.95. The second-order valence-electron chi connectivity index (χ2n) is 6.93. The molecule has 7 nitrogen and oxygen atoms in total. The van der Waals surface area contributed by atoms with Crippen molar-refractivity contribution in [1.82, 2.24) is 24.6 Å². The van der Waals surface area contributed by atoms with Crippen LogP contribution >= 0.6 is 0 Å². The van der Waals surface area contributed by atoms with Gasteiger partial charge in [0.2, 0.25) is 5.91 Å². The van der Waals surface area contributed by atoms with Crippen LogP contribution in [-0.4, -0.2) is 70.2 Å². The molecule has 0 bridgehead atoms. The lowest BCUT2D eigenvalue weighted by Gasteiger charge is -2.31. The van der Waals surface area contributed by atoms with Crippen LogP contribution in [0.5, 0.6) is 0 Å². The molecule has 1 aliphatic heterocycles. The van der Waals surface area contributed by atoms with E-state index in [4.69, 9.17) is 4.11 Å². The Morgan fingerprint density at radius 3 is 2.78 bits per heavy atom. The quantitative estimate of drug-likeness (QED) is 0.762. The lowest BCUT2D eigenvalue weighted by molar-refractivity contribution is -0.117. The maximum Gasteiger partial charge on any atom is 0.239 e. The number of likely N-dealkylation sites (N-methyl/N-ethyl adjacent to an activating group) is 1. The third-order valence-electron chi connectivity index (χ3n) is 4.87. The third kappa shape index (κ3) is 4.15. The number of carbonyl (C=O) groups is 1. The van der Waals surface area contributed by atoms with Crippen LogP contribution in [0.15, 0.2) is 42.9 Å². The number of hydrogen-bond donors (Lipinski definition) is 1. The summed E-state index contributed by atoms with van der Waals surface area (Å²) in [5.41, 5.74) is 1.56. The van der Waals surface area contributed by atoms with Gasteiger partial charge in [-0.3, -0.25) is 14.4 Å². The van der Waals surface area contributed by atoms with Crippen LogP contribution in [0, 0.1) is 0 Å². The first-order valence-electron chi connectivity index (χ1n) is 10.4. The Labute approximate surface area is 162 Å². The Morgan fingerprint density at radius 1 is 1.15 bits per heavy atom. The number of aryl methyl sites for hydroxylation is 1. The van der Waals surface area contributed by atoms with E-state index in [1.165, 1.54) is 12.4 Å². The highest BCUT2D eigenvalue weighted by molar-refractivity contribution is 5.94. The number of nitrogens with zero attached hydrogens (tertiary/aromatic N) is 5. The van der Waals surface area contributed by atoms with Crippen molar-refractivity contribution in [1.29, 1.82) is 0 Å². The largest absolute Gasteiger partial charge is 0.310 e. The summed E-state index contributed by atoms with van der Waals surface area (Å²) in [6.45, 7) is 1.72. The van der Waals surface area contributed by atoms with Crippen molar-refractivity contribution in [3.8, 4) is 11.1 Å². The lowest BCUT2D eigenvalue weighted by Crippen LogP contribution is -2.47. The smallest absolute Gasteiger partial charge is 0.239 e. The standard InChI is InChI=1S/C20H24N6O/c1-24-5-7-26(8-6-24)14-20(27)23-19-10-17-9-15(3-4-16(17)11-21-19)18-12-22-25(2)13-18/h3-4,9-13H,5-8,14H2,1-2H3,(H,21,23,27)/i2D3. The van der Waals surface area contributed by atoms with Crippen LogP contribution in [-0.2, 0) is 11.8 Å². The number of rotatable bonds is 4. The fourth-order valence-electron chi connectivity index (χ4n) is 3.25. The fraction of sp³-hybridized carbons (Fsp3) is 0.350. The van der Waals surface area contributed by atoms with E-state index in [1.807, 2.05) is 24.3 Å². The molecule has 27 heavy (non-hydrogen) atoms. The molecule has 3 heterocycles. The van der Waals surface area contributed by atoms with E-state index in [-0.39, 0.29) is 5.91 Å². The number of benzene rings is 1. The number of carbonyl (C=O) groups excluding carboxylic acids is 1. The summed E-state index contributed by atoms with van der Waals surface area (Å²) in [5.74, 6) is 0.415. The summed E-state index contributed by atoms with van der Waals surface area (Å²) in [6.07, 6.45) is 4.76. The SMILES string of the molecule is [2H]C([2H])([2H])n1cc(-c2ccc3cnc(NC(=O)CN4CCN(C)CC4)cc3c2)cn1. The van der Waals surface area contributed by atoms with Crippen molar-refractivity contribution in [2.45, 2.75) is 0 Å². The third-order valence-corrected chi connectivity index (χ3v) is 4.87. The van der Waals surface area contributed by atoms with Crippen molar-refractivity contribution < 1.29 is 8.91 Å². The number of hydrogen-bond acceptors (Lipinski definition) is 5. The second kappa shape index (κ2) is 7.46. The zero-order valence-corrected chi connectivity index (χ0v) is 15.2. The van der Waals surface area contributed by atoms with Crippen molar-refractivity contribution >= 4 is 22.5 Å². The second-order valence-corrected chi connectivity index (χ2v) is 6.93. The molecular weight excluding hydrogens is 340 g/mol. The van der Waals surface area contributed by atoms with Gasteiger partial charge in [0.15, 0.2) is 0 Å². The number of nitrogens with one attached hydrogen (secondary N) is 1. The Balaban J connectivity index is 1.49. The summed E-state index contributed by atoms with van der Waals surface area (Å²) in [4.78, 5) is 21.1. The van der Waals surface area contributed by atoms with Gasteiger partial charge >= 0.3 is 0 Å². The van der Waals surface area contributed by atoms with Gasteiger partial charge in [0.25, 0.3) is 0 Å². The Hall–Kier alpha value is -2.77. The van der Waals surface area contributed by atoms with Crippen LogP contribution < -0.4 is 5.32 Å². The predicted octanol–water partition coefficient (Wildman–Crippen LogP) is 1.82. The van der Waals surface area contributed by atoms with E-state index < -0.39 is 6.98 Å².